The minimum atomic E-state index is -0.239. The maximum absolute atomic E-state index is 10.8. The van der Waals surface area contributed by atoms with Crippen LogP contribution in [-0.2, 0) is 19.1 Å². The second-order valence-corrected chi connectivity index (χ2v) is 4.41. The van der Waals surface area contributed by atoms with Crippen molar-refractivity contribution in [2.75, 3.05) is 13.2 Å². The Bertz CT molecular complexity index is 223. The average molecular weight is 228 g/mol. The molecule has 1 aliphatic rings. The van der Waals surface area contributed by atoms with Crippen molar-refractivity contribution < 1.29 is 19.1 Å². The van der Waals surface area contributed by atoms with Crippen LogP contribution in [0.3, 0.4) is 0 Å². The first-order valence-corrected chi connectivity index (χ1v) is 5.86. The Morgan fingerprint density at radius 3 is 1.62 bits per heavy atom. The van der Waals surface area contributed by atoms with Gasteiger partial charge in [0.05, 0.1) is 13.2 Å². The van der Waals surface area contributed by atoms with Gasteiger partial charge in [-0.25, -0.2) is 0 Å². The van der Waals surface area contributed by atoms with Crippen LogP contribution in [0.15, 0.2) is 0 Å². The molecule has 0 radical (unpaired) electrons. The first-order valence-electron chi connectivity index (χ1n) is 5.86. The normalized spacial score (nSPS) is 24.9. The Labute approximate surface area is 96.3 Å². The average Bonchev–Trinajstić information content (AvgIpc) is 2.24. The third-order valence-electron chi connectivity index (χ3n) is 3.07. The number of ether oxygens (including phenoxy) is 2. The van der Waals surface area contributed by atoms with Gasteiger partial charge in [0.1, 0.15) is 0 Å². The zero-order valence-corrected chi connectivity index (χ0v) is 10.0. The van der Waals surface area contributed by atoms with Crippen LogP contribution >= 0.6 is 0 Å². The van der Waals surface area contributed by atoms with Crippen LogP contribution in [0.25, 0.3) is 0 Å². The Morgan fingerprint density at radius 2 is 1.31 bits per heavy atom. The highest BCUT2D eigenvalue weighted by molar-refractivity contribution is 5.66. The van der Waals surface area contributed by atoms with Crippen LogP contribution < -0.4 is 0 Å². The molecule has 2 unspecified atom stereocenters. The van der Waals surface area contributed by atoms with E-state index >= 15 is 0 Å². The van der Waals surface area contributed by atoms with Gasteiger partial charge >= 0.3 is 11.9 Å². The van der Waals surface area contributed by atoms with E-state index in [1.165, 1.54) is 26.7 Å². The maximum atomic E-state index is 10.8. The largest absolute Gasteiger partial charge is 0.466 e. The lowest BCUT2D eigenvalue weighted by atomic mass is 9.80. The summed E-state index contributed by atoms with van der Waals surface area (Å²) >= 11 is 0. The number of rotatable bonds is 4. The van der Waals surface area contributed by atoms with Crippen molar-refractivity contribution >= 4 is 11.9 Å². The molecular weight excluding hydrogens is 208 g/mol. The molecule has 0 aromatic carbocycles. The zero-order chi connectivity index (χ0) is 12.0. The molecule has 0 spiro atoms. The van der Waals surface area contributed by atoms with E-state index in [1.54, 1.807) is 0 Å². The van der Waals surface area contributed by atoms with Gasteiger partial charge in [0, 0.05) is 13.8 Å². The Hall–Kier alpha value is -1.06. The lowest BCUT2D eigenvalue weighted by Crippen LogP contribution is -2.29. The maximum Gasteiger partial charge on any atom is 0.302 e. The molecule has 1 saturated carbocycles. The highest BCUT2D eigenvalue weighted by atomic mass is 16.5. The smallest absolute Gasteiger partial charge is 0.302 e. The molecule has 0 aromatic heterocycles. The van der Waals surface area contributed by atoms with Crippen LogP contribution in [0.1, 0.15) is 39.5 Å². The molecule has 0 aromatic rings. The summed E-state index contributed by atoms with van der Waals surface area (Å²) in [5, 5.41) is 0. The molecule has 4 nitrogen and oxygen atoms in total. The minimum absolute atomic E-state index is 0.239. The molecule has 1 fully saturated rings. The summed E-state index contributed by atoms with van der Waals surface area (Å²) in [6.45, 7) is 3.76. The summed E-state index contributed by atoms with van der Waals surface area (Å²) in [5.74, 6) is 0.211. The van der Waals surface area contributed by atoms with E-state index in [4.69, 9.17) is 9.47 Å². The summed E-state index contributed by atoms with van der Waals surface area (Å²) in [4.78, 5) is 21.5. The van der Waals surface area contributed by atoms with Gasteiger partial charge < -0.3 is 9.47 Å². The Balaban J connectivity index is 2.37. The first-order chi connectivity index (χ1) is 7.59. The van der Waals surface area contributed by atoms with Crippen LogP contribution in [-0.4, -0.2) is 25.2 Å². The SMILES string of the molecule is CC(=O)OCC1CCCCC1COC(C)=O. The summed E-state index contributed by atoms with van der Waals surface area (Å²) in [6.07, 6.45) is 4.45. The standard InChI is InChI=1S/C12H20O4/c1-9(13)15-7-11-5-3-4-6-12(11)8-16-10(2)14/h11-12H,3-8H2,1-2H3. The first kappa shape index (κ1) is 13.0. The predicted molar refractivity (Wildman–Crippen MR) is 58.7 cm³/mol. The Kier molecular flexibility index (Phi) is 5.29. The molecule has 16 heavy (non-hydrogen) atoms. The molecule has 1 aliphatic carbocycles. The number of hydrogen-bond donors (Lipinski definition) is 0. The monoisotopic (exact) mass is 228 g/mol. The summed E-state index contributed by atoms with van der Waals surface area (Å²) in [6, 6.07) is 0. The Morgan fingerprint density at radius 1 is 0.938 bits per heavy atom. The molecule has 0 heterocycles. The third-order valence-corrected chi connectivity index (χ3v) is 3.07. The van der Waals surface area contributed by atoms with E-state index in [1.807, 2.05) is 0 Å². The number of esters is 2. The lowest BCUT2D eigenvalue weighted by Gasteiger charge is -2.30. The van der Waals surface area contributed by atoms with Gasteiger partial charge in [-0.2, -0.15) is 0 Å². The van der Waals surface area contributed by atoms with E-state index in [0.29, 0.717) is 25.0 Å². The minimum Gasteiger partial charge on any atom is -0.466 e. The van der Waals surface area contributed by atoms with Gasteiger partial charge in [0.25, 0.3) is 0 Å². The molecule has 0 amide bonds. The van der Waals surface area contributed by atoms with Gasteiger partial charge in [0.15, 0.2) is 0 Å². The van der Waals surface area contributed by atoms with E-state index < -0.39 is 0 Å². The van der Waals surface area contributed by atoms with Crippen molar-refractivity contribution in [3.63, 3.8) is 0 Å². The summed E-state index contributed by atoms with van der Waals surface area (Å²) < 4.78 is 10.1. The molecule has 2 atom stereocenters. The van der Waals surface area contributed by atoms with Gasteiger partial charge in [0.2, 0.25) is 0 Å². The van der Waals surface area contributed by atoms with Crippen LogP contribution in [0, 0.1) is 11.8 Å². The van der Waals surface area contributed by atoms with Gasteiger partial charge in [-0.1, -0.05) is 12.8 Å². The summed E-state index contributed by atoms with van der Waals surface area (Å²) in [7, 11) is 0. The van der Waals surface area contributed by atoms with E-state index in [0.717, 1.165) is 12.8 Å². The van der Waals surface area contributed by atoms with Crippen LogP contribution in [0.2, 0.25) is 0 Å². The highest BCUT2D eigenvalue weighted by Gasteiger charge is 2.26. The third kappa shape index (κ3) is 4.64. The fourth-order valence-electron chi connectivity index (χ4n) is 2.17. The van der Waals surface area contributed by atoms with E-state index in [-0.39, 0.29) is 11.9 Å². The number of hydrogen-bond acceptors (Lipinski definition) is 4. The van der Waals surface area contributed by atoms with Crippen molar-refractivity contribution in [1.29, 1.82) is 0 Å². The van der Waals surface area contributed by atoms with Crippen molar-refractivity contribution in [3.8, 4) is 0 Å². The second-order valence-electron chi connectivity index (χ2n) is 4.41. The molecule has 4 heteroatoms. The van der Waals surface area contributed by atoms with Crippen LogP contribution in [0.5, 0.6) is 0 Å². The quantitative estimate of drug-likeness (QED) is 0.690. The molecule has 0 saturated heterocycles. The van der Waals surface area contributed by atoms with Crippen LogP contribution in [0.4, 0.5) is 0 Å². The van der Waals surface area contributed by atoms with Gasteiger partial charge in [-0.3, -0.25) is 9.59 Å². The van der Waals surface area contributed by atoms with Gasteiger partial charge in [-0.15, -0.1) is 0 Å². The molecule has 0 bridgehead atoms. The molecule has 0 N–H and O–H groups in total. The molecular formula is C12H20O4. The lowest BCUT2D eigenvalue weighted by molar-refractivity contribution is -0.147. The molecule has 92 valence electrons. The number of carbonyl (C=O) groups excluding carboxylic acids is 2. The molecule has 1 rings (SSSR count). The van der Waals surface area contributed by atoms with Gasteiger partial charge in [-0.05, 0) is 24.7 Å². The zero-order valence-electron chi connectivity index (χ0n) is 10.0. The highest BCUT2D eigenvalue weighted by Crippen LogP contribution is 2.30. The van der Waals surface area contributed by atoms with Crippen molar-refractivity contribution in [2.24, 2.45) is 11.8 Å². The van der Waals surface area contributed by atoms with Crippen molar-refractivity contribution in [3.05, 3.63) is 0 Å². The fraction of sp³-hybridized carbons (Fsp3) is 0.833. The predicted octanol–water partition coefficient (Wildman–Crippen LogP) is 1.92. The van der Waals surface area contributed by atoms with Crippen molar-refractivity contribution in [1.82, 2.24) is 0 Å². The van der Waals surface area contributed by atoms with E-state index in [9.17, 15) is 9.59 Å². The second kappa shape index (κ2) is 6.51. The van der Waals surface area contributed by atoms with E-state index in [2.05, 4.69) is 0 Å². The number of carbonyl (C=O) groups is 2. The summed E-state index contributed by atoms with van der Waals surface area (Å²) in [5.41, 5.74) is 0. The molecule has 0 aliphatic heterocycles. The topological polar surface area (TPSA) is 52.6 Å². The fourth-order valence-corrected chi connectivity index (χ4v) is 2.17. The van der Waals surface area contributed by atoms with Crippen molar-refractivity contribution in [2.45, 2.75) is 39.5 Å².